The standard InChI is InChI=1S/C18H19NO2/c1-3-15-10-14-11-16(20)7-8-18(14)19(15)12-13-5-4-6-17(9-13)21-2/h4-11,20H,3,12H2,1-2H3. The summed E-state index contributed by atoms with van der Waals surface area (Å²) in [4.78, 5) is 0. The molecule has 0 saturated heterocycles. The Hall–Kier alpha value is -2.42. The maximum atomic E-state index is 9.64. The second kappa shape index (κ2) is 5.52. The van der Waals surface area contributed by atoms with Gasteiger partial charge in [-0.2, -0.15) is 0 Å². The molecule has 0 aliphatic carbocycles. The molecule has 1 heterocycles. The van der Waals surface area contributed by atoms with Crippen molar-refractivity contribution >= 4 is 10.9 Å². The number of methoxy groups -OCH3 is 1. The number of aryl methyl sites for hydroxylation is 1. The first-order valence-electron chi connectivity index (χ1n) is 7.15. The SMILES string of the molecule is CCc1cc2cc(O)ccc2n1Cc1cccc(OC)c1. The Kier molecular flexibility index (Phi) is 3.57. The van der Waals surface area contributed by atoms with E-state index in [1.807, 2.05) is 24.3 Å². The van der Waals surface area contributed by atoms with E-state index in [1.54, 1.807) is 13.2 Å². The maximum absolute atomic E-state index is 9.64. The second-order valence-corrected chi connectivity index (χ2v) is 5.17. The van der Waals surface area contributed by atoms with E-state index in [4.69, 9.17) is 4.74 Å². The topological polar surface area (TPSA) is 34.4 Å². The van der Waals surface area contributed by atoms with Crippen LogP contribution in [0.15, 0.2) is 48.5 Å². The van der Waals surface area contributed by atoms with Crippen molar-refractivity contribution in [2.45, 2.75) is 19.9 Å². The minimum Gasteiger partial charge on any atom is -0.508 e. The third kappa shape index (κ3) is 2.59. The van der Waals surface area contributed by atoms with Crippen LogP contribution in [0, 0.1) is 0 Å². The van der Waals surface area contributed by atoms with Crippen LogP contribution in [0.5, 0.6) is 11.5 Å². The highest BCUT2D eigenvalue weighted by molar-refractivity contribution is 5.83. The van der Waals surface area contributed by atoms with Gasteiger partial charge in [0.2, 0.25) is 0 Å². The van der Waals surface area contributed by atoms with Crippen LogP contribution in [0.3, 0.4) is 0 Å². The van der Waals surface area contributed by atoms with Crippen molar-refractivity contribution in [2.75, 3.05) is 7.11 Å². The number of hydrogen-bond acceptors (Lipinski definition) is 2. The van der Waals surface area contributed by atoms with Gasteiger partial charge >= 0.3 is 0 Å². The van der Waals surface area contributed by atoms with Crippen LogP contribution in [0.25, 0.3) is 10.9 Å². The summed E-state index contributed by atoms with van der Waals surface area (Å²) >= 11 is 0. The van der Waals surface area contributed by atoms with Crippen LogP contribution in [0.1, 0.15) is 18.2 Å². The second-order valence-electron chi connectivity index (χ2n) is 5.17. The first-order valence-corrected chi connectivity index (χ1v) is 7.15. The lowest BCUT2D eigenvalue weighted by atomic mass is 10.2. The molecule has 1 N–H and O–H groups in total. The molecule has 0 amide bonds. The molecule has 1 aromatic heterocycles. The quantitative estimate of drug-likeness (QED) is 0.785. The molecule has 3 heteroatoms. The zero-order valence-electron chi connectivity index (χ0n) is 12.3. The molecular weight excluding hydrogens is 262 g/mol. The van der Waals surface area contributed by atoms with Crippen molar-refractivity contribution in [3.8, 4) is 11.5 Å². The van der Waals surface area contributed by atoms with Crippen molar-refractivity contribution in [1.82, 2.24) is 4.57 Å². The van der Waals surface area contributed by atoms with E-state index in [2.05, 4.69) is 29.7 Å². The highest BCUT2D eigenvalue weighted by Crippen LogP contribution is 2.26. The number of phenols is 1. The number of hydrogen-bond donors (Lipinski definition) is 1. The van der Waals surface area contributed by atoms with Gasteiger partial charge < -0.3 is 14.4 Å². The fourth-order valence-electron chi connectivity index (χ4n) is 2.75. The lowest BCUT2D eigenvalue weighted by Gasteiger charge is -2.11. The lowest BCUT2D eigenvalue weighted by molar-refractivity contribution is 0.414. The molecule has 3 nitrogen and oxygen atoms in total. The van der Waals surface area contributed by atoms with Crippen molar-refractivity contribution in [3.05, 3.63) is 59.8 Å². The molecule has 0 radical (unpaired) electrons. The van der Waals surface area contributed by atoms with Gasteiger partial charge in [0.25, 0.3) is 0 Å². The predicted octanol–water partition coefficient (Wildman–Crippen LogP) is 3.97. The van der Waals surface area contributed by atoms with Crippen LogP contribution in [0.4, 0.5) is 0 Å². The van der Waals surface area contributed by atoms with E-state index in [-0.39, 0.29) is 0 Å². The monoisotopic (exact) mass is 281 g/mol. The van der Waals surface area contributed by atoms with Gasteiger partial charge in [-0.1, -0.05) is 19.1 Å². The predicted molar refractivity (Wildman–Crippen MR) is 85.1 cm³/mol. The number of ether oxygens (including phenoxy) is 1. The lowest BCUT2D eigenvalue weighted by Crippen LogP contribution is -2.03. The van der Waals surface area contributed by atoms with E-state index in [9.17, 15) is 5.11 Å². The summed E-state index contributed by atoms with van der Waals surface area (Å²) in [6, 6.07) is 15.8. The molecule has 0 fully saturated rings. The fraction of sp³-hybridized carbons (Fsp3) is 0.222. The van der Waals surface area contributed by atoms with Crippen LogP contribution in [-0.4, -0.2) is 16.8 Å². The first-order chi connectivity index (χ1) is 10.2. The summed E-state index contributed by atoms with van der Waals surface area (Å²) in [6.45, 7) is 2.95. The molecule has 3 rings (SSSR count). The first kappa shape index (κ1) is 13.6. The van der Waals surface area contributed by atoms with Crippen molar-refractivity contribution in [3.63, 3.8) is 0 Å². The van der Waals surface area contributed by atoms with Crippen LogP contribution in [-0.2, 0) is 13.0 Å². The molecule has 21 heavy (non-hydrogen) atoms. The van der Waals surface area contributed by atoms with E-state index in [1.165, 1.54) is 11.3 Å². The van der Waals surface area contributed by atoms with Crippen molar-refractivity contribution < 1.29 is 9.84 Å². The summed E-state index contributed by atoms with van der Waals surface area (Å²) in [6.07, 6.45) is 0.958. The Bertz CT molecular complexity index is 774. The van der Waals surface area contributed by atoms with Gasteiger partial charge in [0.05, 0.1) is 7.11 Å². The Morgan fingerprint density at radius 3 is 2.71 bits per heavy atom. The van der Waals surface area contributed by atoms with E-state index >= 15 is 0 Å². The Morgan fingerprint density at radius 1 is 1.10 bits per heavy atom. The number of rotatable bonds is 4. The molecule has 0 saturated carbocycles. The van der Waals surface area contributed by atoms with Crippen LogP contribution in [0.2, 0.25) is 0 Å². The summed E-state index contributed by atoms with van der Waals surface area (Å²) in [5, 5.41) is 10.7. The summed E-state index contributed by atoms with van der Waals surface area (Å²) in [5.74, 6) is 1.18. The summed E-state index contributed by atoms with van der Waals surface area (Å²) in [5.41, 5.74) is 3.61. The molecule has 2 aromatic carbocycles. The fourth-order valence-corrected chi connectivity index (χ4v) is 2.75. The summed E-state index contributed by atoms with van der Waals surface area (Å²) in [7, 11) is 1.68. The number of nitrogens with zero attached hydrogens (tertiary/aromatic N) is 1. The molecule has 0 aliphatic heterocycles. The smallest absolute Gasteiger partial charge is 0.119 e. The average Bonchev–Trinajstić information content (AvgIpc) is 2.84. The molecule has 0 bridgehead atoms. The van der Waals surface area contributed by atoms with Gasteiger partial charge in [0.1, 0.15) is 11.5 Å². The number of fused-ring (bicyclic) bond motifs is 1. The van der Waals surface area contributed by atoms with Gasteiger partial charge in [-0.3, -0.25) is 0 Å². The summed E-state index contributed by atoms with van der Waals surface area (Å²) < 4.78 is 7.59. The number of phenolic OH excluding ortho intramolecular Hbond substituents is 1. The molecule has 0 atom stereocenters. The number of benzene rings is 2. The molecule has 3 aromatic rings. The molecule has 108 valence electrons. The van der Waals surface area contributed by atoms with Gasteiger partial charge in [0, 0.05) is 23.1 Å². The van der Waals surface area contributed by atoms with E-state index in [0.29, 0.717) is 5.75 Å². The third-order valence-corrected chi connectivity index (χ3v) is 3.81. The Balaban J connectivity index is 2.06. The van der Waals surface area contributed by atoms with E-state index < -0.39 is 0 Å². The highest BCUT2D eigenvalue weighted by Gasteiger charge is 2.09. The molecule has 0 unspecified atom stereocenters. The van der Waals surface area contributed by atoms with Crippen molar-refractivity contribution in [1.29, 1.82) is 0 Å². The normalized spacial score (nSPS) is 11.0. The molecule has 0 aliphatic rings. The largest absolute Gasteiger partial charge is 0.508 e. The van der Waals surface area contributed by atoms with Gasteiger partial charge in [-0.05, 0) is 48.4 Å². The van der Waals surface area contributed by atoms with Gasteiger partial charge in [-0.25, -0.2) is 0 Å². The zero-order valence-corrected chi connectivity index (χ0v) is 12.3. The maximum Gasteiger partial charge on any atom is 0.119 e. The van der Waals surface area contributed by atoms with Crippen LogP contribution >= 0.6 is 0 Å². The van der Waals surface area contributed by atoms with Crippen LogP contribution < -0.4 is 4.74 Å². The molecular formula is C18H19NO2. The average molecular weight is 281 g/mol. The number of aromatic nitrogens is 1. The zero-order chi connectivity index (χ0) is 14.8. The van der Waals surface area contributed by atoms with Gasteiger partial charge in [-0.15, -0.1) is 0 Å². The van der Waals surface area contributed by atoms with E-state index in [0.717, 1.165) is 29.6 Å². The van der Waals surface area contributed by atoms with Crippen molar-refractivity contribution in [2.24, 2.45) is 0 Å². The minimum absolute atomic E-state index is 0.309. The Morgan fingerprint density at radius 2 is 1.95 bits per heavy atom. The number of aromatic hydroxyl groups is 1. The van der Waals surface area contributed by atoms with Gasteiger partial charge in [0.15, 0.2) is 0 Å². The molecule has 0 spiro atoms. The highest BCUT2D eigenvalue weighted by atomic mass is 16.5. The Labute approximate surface area is 124 Å². The third-order valence-electron chi connectivity index (χ3n) is 3.81. The minimum atomic E-state index is 0.309.